The molecule has 0 radical (unpaired) electrons. The summed E-state index contributed by atoms with van der Waals surface area (Å²) in [7, 11) is 6.47. The number of aromatic nitrogens is 1. The lowest BCUT2D eigenvalue weighted by Gasteiger charge is -2.33. The molecule has 4 rings (SSSR count). The molecule has 2 heterocycles. The van der Waals surface area contributed by atoms with Gasteiger partial charge in [-0.25, -0.2) is 0 Å². The highest BCUT2D eigenvalue weighted by atomic mass is 15.1. The van der Waals surface area contributed by atoms with E-state index in [2.05, 4.69) is 78.4 Å². The molecular weight excluding hydrogens is 294 g/mol. The van der Waals surface area contributed by atoms with Gasteiger partial charge in [0.05, 0.1) is 0 Å². The summed E-state index contributed by atoms with van der Waals surface area (Å²) in [6.45, 7) is 3.11. The summed E-state index contributed by atoms with van der Waals surface area (Å²) in [5.74, 6) is 0.444. The molecular formula is C21H25N3. The summed E-state index contributed by atoms with van der Waals surface area (Å²) in [5.41, 5.74) is 6.98. The van der Waals surface area contributed by atoms with Crippen LogP contribution < -0.4 is 0 Å². The van der Waals surface area contributed by atoms with Crippen LogP contribution >= 0.6 is 0 Å². The first kappa shape index (κ1) is 15.4. The predicted molar refractivity (Wildman–Crippen MR) is 100 cm³/mol. The molecule has 1 N–H and O–H groups in total. The molecule has 24 heavy (non-hydrogen) atoms. The zero-order chi connectivity index (χ0) is 16.7. The van der Waals surface area contributed by atoms with Crippen molar-refractivity contribution in [2.45, 2.75) is 19.0 Å². The zero-order valence-corrected chi connectivity index (χ0v) is 14.7. The van der Waals surface area contributed by atoms with Gasteiger partial charge in [0.25, 0.3) is 0 Å². The summed E-state index contributed by atoms with van der Waals surface area (Å²) in [6, 6.07) is 16.0. The van der Waals surface area contributed by atoms with Crippen LogP contribution in [0.2, 0.25) is 0 Å². The monoisotopic (exact) mass is 319 g/mol. The van der Waals surface area contributed by atoms with Gasteiger partial charge < -0.3 is 14.8 Å². The highest BCUT2D eigenvalue weighted by Gasteiger charge is 2.25. The number of likely N-dealkylation sites (N-methyl/N-ethyl adjacent to an activating group) is 1. The minimum Gasteiger partial charge on any atom is -0.361 e. The van der Waals surface area contributed by atoms with Crippen molar-refractivity contribution in [1.29, 1.82) is 0 Å². The second-order valence-corrected chi connectivity index (χ2v) is 7.34. The van der Waals surface area contributed by atoms with Gasteiger partial charge in [0.2, 0.25) is 0 Å². The third-order valence-electron chi connectivity index (χ3n) is 5.00. The Labute approximate surface area is 143 Å². The minimum absolute atomic E-state index is 0.444. The van der Waals surface area contributed by atoms with Crippen molar-refractivity contribution in [3.63, 3.8) is 0 Å². The fourth-order valence-electron chi connectivity index (χ4n) is 3.93. The Morgan fingerprint density at radius 1 is 1.12 bits per heavy atom. The molecule has 1 aromatic heterocycles. The topological polar surface area (TPSA) is 22.3 Å². The Balaban J connectivity index is 1.74. The van der Waals surface area contributed by atoms with E-state index in [-0.39, 0.29) is 0 Å². The lowest BCUT2D eigenvalue weighted by molar-refractivity contribution is 0.294. The van der Waals surface area contributed by atoms with Crippen molar-refractivity contribution >= 4 is 10.9 Å². The van der Waals surface area contributed by atoms with Gasteiger partial charge >= 0.3 is 0 Å². The van der Waals surface area contributed by atoms with Crippen molar-refractivity contribution in [1.82, 2.24) is 14.8 Å². The first-order valence-electron chi connectivity index (χ1n) is 8.62. The number of benzene rings is 2. The SMILES string of the molecule is CN(C)Cc1ccc2c(c1)CN(C)CC2c1ccc2cc[nH]c2c1. The van der Waals surface area contributed by atoms with E-state index < -0.39 is 0 Å². The summed E-state index contributed by atoms with van der Waals surface area (Å²) in [4.78, 5) is 8.01. The molecule has 0 aliphatic carbocycles. The number of hydrogen-bond donors (Lipinski definition) is 1. The molecule has 3 heteroatoms. The number of hydrogen-bond acceptors (Lipinski definition) is 2. The average Bonchev–Trinajstić information content (AvgIpc) is 3.00. The molecule has 1 aliphatic rings. The summed E-state index contributed by atoms with van der Waals surface area (Å²) < 4.78 is 0. The third-order valence-corrected chi connectivity index (χ3v) is 5.00. The fourth-order valence-corrected chi connectivity index (χ4v) is 3.93. The van der Waals surface area contributed by atoms with Crippen molar-refractivity contribution in [2.24, 2.45) is 0 Å². The average molecular weight is 319 g/mol. The molecule has 0 saturated carbocycles. The first-order valence-corrected chi connectivity index (χ1v) is 8.62. The normalized spacial score (nSPS) is 18.2. The van der Waals surface area contributed by atoms with Gasteiger partial charge in [-0.05, 0) is 60.9 Å². The summed E-state index contributed by atoms with van der Waals surface area (Å²) in [5, 5.41) is 1.28. The third kappa shape index (κ3) is 2.85. The number of rotatable bonds is 3. The van der Waals surface area contributed by atoms with Crippen LogP contribution in [0, 0.1) is 0 Å². The number of nitrogens with zero attached hydrogens (tertiary/aromatic N) is 2. The maximum absolute atomic E-state index is 3.35. The van der Waals surface area contributed by atoms with Gasteiger partial charge in [0, 0.05) is 37.3 Å². The predicted octanol–water partition coefficient (Wildman–Crippen LogP) is 3.81. The van der Waals surface area contributed by atoms with Crippen LogP contribution in [0.25, 0.3) is 10.9 Å². The Morgan fingerprint density at radius 2 is 2.00 bits per heavy atom. The maximum Gasteiger partial charge on any atom is 0.0456 e. The summed E-state index contributed by atoms with van der Waals surface area (Å²) >= 11 is 0. The Kier molecular flexibility index (Phi) is 3.91. The van der Waals surface area contributed by atoms with E-state index in [9.17, 15) is 0 Å². The molecule has 0 fully saturated rings. The number of nitrogens with one attached hydrogen (secondary N) is 1. The van der Waals surface area contributed by atoms with Crippen molar-refractivity contribution in [3.05, 3.63) is 70.9 Å². The van der Waals surface area contributed by atoms with E-state index in [1.165, 1.54) is 33.2 Å². The number of aromatic amines is 1. The largest absolute Gasteiger partial charge is 0.361 e. The van der Waals surface area contributed by atoms with Crippen LogP contribution in [-0.4, -0.2) is 42.5 Å². The van der Waals surface area contributed by atoms with Crippen LogP contribution in [0.5, 0.6) is 0 Å². The second-order valence-electron chi connectivity index (χ2n) is 7.34. The Hall–Kier alpha value is -2.10. The zero-order valence-electron chi connectivity index (χ0n) is 14.7. The van der Waals surface area contributed by atoms with Gasteiger partial charge in [-0.15, -0.1) is 0 Å². The lowest BCUT2D eigenvalue weighted by Crippen LogP contribution is -2.31. The molecule has 0 amide bonds. The van der Waals surface area contributed by atoms with Crippen molar-refractivity contribution < 1.29 is 0 Å². The van der Waals surface area contributed by atoms with E-state index >= 15 is 0 Å². The van der Waals surface area contributed by atoms with Crippen LogP contribution in [0.3, 0.4) is 0 Å². The van der Waals surface area contributed by atoms with Gasteiger partial charge in [0.15, 0.2) is 0 Å². The van der Waals surface area contributed by atoms with E-state index in [1.54, 1.807) is 0 Å². The molecule has 1 atom stereocenters. The number of fused-ring (bicyclic) bond motifs is 2. The molecule has 3 aromatic rings. The smallest absolute Gasteiger partial charge is 0.0456 e. The van der Waals surface area contributed by atoms with Gasteiger partial charge in [-0.2, -0.15) is 0 Å². The van der Waals surface area contributed by atoms with Crippen LogP contribution in [0.1, 0.15) is 28.2 Å². The van der Waals surface area contributed by atoms with Crippen LogP contribution in [0.4, 0.5) is 0 Å². The highest BCUT2D eigenvalue weighted by Crippen LogP contribution is 2.34. The van der Waals surface area contributed by atoms with E-state index in [0.29, 0.717) is 5.92 Å². The molecule has 3 nitrogen and oxygen atoms in total. The molecule has 1 aliphatic heterocycles. The highest BCUT2D eigenvalue weighted by molar-refractivity contribution is 5.80. The Morgan fingerprint density at radius 3 is 2.83 bits per heavy atom. The van der Waals surface area contributed by atoms with Gasteiger partial charge in [0.1, 0.15) is 0 Å². The molecule has 0 saturated heterocycles. The summed E-state index contributed by atoms with van der Waals surface area (Å²) in [6.07, 6.45) is 2.02. The van der Waals surface area contributed by atoms with Crippen molar-refractivity contribution in [3.8, 4) is 0 Å². The standard InChI is InChI=1S/C21H25N3/c1-23(2)12-15-4-7-19-18(10-15)13-24(3)14-20(19)17-6-5-16-8-9-22-21(16)11-17/h4-11,20,22H,12-14H2,1-3H3. The van der Waals surface area contributed by atoms with E-state index in [4.69, 9.17) is 0 Å². The number of H-pyrrole nitrogens is 1. The quantitative estimate of drug-likeness (QED) is 0.793. The van der Waals surface area contributed by atoms with Crippen LogP contribution in [-0.2, 0) is 13.1 Å². The second kappa shape index (κ2) is 6.08. The first-order chi connectivity index (χ1) is 11.6. The van der Waals surface area contributed by atoms with Gasteiger partial charge in [-0.1, -0.05) is 30.3 Å². The maximum atomic E-state index is 3.35. The molecule has 0 bridgehead atoms. The van der Waals surface area contributed by atoms with E-state index in [0.717, 1.165) is 19.6 Å². The molecule has 0 spiro atoms. The molecule has 1 unspecified atom stereocenters. The fraction of sp³-hybridized carbons (Fsp3) is 0.333. The lowest BCUT2D eigenvalue weighted by atomic mass is 9.84. The van der Waals surface area contributed by atoms with Gasteiger partial charge in [-0.3, -0.25) is 0 Å². The minimum atomic E-state index is 0.444. The van der Waals surface area contributed by atoms with E-state index in [1.807, 2.05) is 6.20 Å². The Bertz CT molecular complexity index is 862. The van der Waals surface area contributed by atoms with Crippen LogP contribution in [0.15, 0.2) is 48.7 Å². The molecule has 124 valence electrons. The molecule has 2 aromatic carbocycles. The van der Waals surface area contributed by atoms with Crippen molar-refractivity contribution in [2.75, 3.05) is 27.7 Å².